The van der Waals surface area contributed by atoms with Gasteiger partial charge >= 0.3 is 0 Å². The highest BCUT2D eigenvalue weighted by molar-refractivity contribution is 9.10. The number of halogens is 2. The molecule has 0 unspecified atom stereocenters. The number of benzene rings is 1. The molecule has 0 spiro atoms. The van der Waals surface area contributed by atoms with Crippen molar-refractivity contribution in [3.05, 3.63) is 58.3 Å². The normalized spacial score (nSPS) is 10.8. The average molecular weight is 324 g/mol. The van der Waals surface area contributed by atoms with Gasteiger partial charge in [0.2, 0.25) is 5.91 Å². The second kappa shape index (κ2) is 6.29. The number of amides is 1. The van der Waals surface area contributed by atoms with E-state index in [0.717, 1.165) is 10.2 Å². The van der Waals surface area contributed by atoms with E-state index in [1.54, 1.807) is 18.3 Å². The third-order valence-electron chi connectivity index (χ3n) is 2.38. The van der Waals surface area contributed by atoms with Crippen LogP contribution in [0.2, 0.25) is 0 Å². The van der Waals surface area contributed by atoms with E-state index in [1.807, 2.05) is 0 Å². The summed E-state index contributed by atoms with van der Waals surface area (Å²) in [5.74, 6) is -0.671. The van der Waals surface area contributed by atoms with Crippen molar-refractivity contribution in [2.24, 2.45) is 0 Å². The molecular formula is C13H11BrFN3O. The number of nitrogens with one attached hydrogen (secondary N) is 2. The monoisotopic (exact) mass is 323 g/mol. The summed E-state index contributed by atoms with van der Waals surface area (Å²) in [6, 6.07) is 4.55. The second-order valence-electron chi connectivity index (χ2n) is 3.79. The number of hydrogen-bond acceptors (Lipinski definition) is 2. The van der Waals surface area contributed by atoms with Crippen LogP contribution in [0.25, 0.3) is 6.08 Å². The molecule has 1 aromatic carbocycles. The average Bonchev–Trinajstić information content (AvgIpc) is 2.90. The van der Waals surface area contributed by atoms with Crippen LogP contribution in [0.3, 0.4) is 0 Å². The van der Waals surface area contributed by atoms with E-state index in [9.17, 15) is 9.18 Å². The summed E-state index contributed by atoms with van der Waals surface area (Å²) in [5, 5.41) is 2.66. The minimum absolute atomic E-state index is 0.297. The number of imidazole rings is 1. The molecule has 2 N–H and O–H groups in total. The summed E-state index contributed by atoms with van der Waals surface area (Å²) in [4.78, 5) is 18.2. The Morgan fingerprint density at radius 2 is 2.37 bits per heavy atom. The van der Waals surface area contributed by atoms with Crippen molar-refractivity contribution >= 4 is 27.9 Å². The molecule has 98 valence electrons. The first-order valence-corrected chi connectivity index (χ1v) is 6.32. The van der Waals surface area contributed by atoms with Crippen molar-refractivity contribution in [3.8, 4) is 0 Å². The maximum absolute atomic E-state index is 13.4. The highest BCUT2D eigenvalue weighted by Gasteiger charge is 2.01. The lowest BCUT2D eigenvalue weighted by atomic mass is 10.2. The zero-order valence-corrected chi connectivity index (χ0v) is 11.4. The number of aromatic amines is 1. The first kappa shape index (κ1) is 13.5. The summed E-state index contributed by atoms with van der Waals surface area (Å²) < 4.78 is 14.2. The third kappa shape index (κ3) is 4.03. The van der Waals surface area contributed by atoms with Gasteiger partial charge in [0, 0.05) is 22.3 Å². The van der Waals surface area contributed by atoms with Crippen molar-refractivity contribution in [1.82, 2.24) is 15.3 Å². The van der Waals surface area contributed by atoms with Crippen LogP contribution in [-0.4, -0.2) is 15.9 Å². The van der Waals surface area contributed by atoms with Gasteiger partial charge in [0.05, 0.1) is 18.6 Å². The number of carbonyl (C=O) groups excluding carboxylic acids is 1. The Bertz CT molecular complexity index is 596. The predicted molar refractivity (Wildman–Crippen MR) is 73.6 cm³/mol. The first-order chi connectivity index (χ1) is 9.15. The van der Waals surface area contributed by atoms with Crippen LogP contribution in [0.4, 0.5) is 4.39 Å². The molecule has 1 aromatic heterocycles. The second-order valence-corrected chi connectivity index (χ2v) is 4.71. The van der Waals surface area contributed by atoms with E-state index in [2.05, 4.69) is 31.2 Å². The SMILES string of the molecule is O=C(C=Cc1cc(Br)ccc1F)NCc1cnc[nH]1. The Morgan fingerprint density at radius 1 is 1.53 bits per heavy atom. The quantitative estimate of drug-likeness (QED) is 0.850. The number of H-pyrrole nitrogens is 1. The topological polar surface area (TPSA) is 57.8 Å². The van der Waals surface area contributed by atoms with Crippen LogP contribution in [-0.2, 0) is 11.3 Å². The maximum Gasteiger partial charge on any atom is 0.244 e. The van der Waals surface area contributed by atoms with Crippen LogP contribution in [0.5, 0.6) is 0 Å². The Hall–Kier alpha value is -1.95. The zero-order chi connectivity index (χ0) is 13.7. The van der Waals surface area contributed by atoms with Crippen LogP contribution in [0.1, 0.15) is 11.3 Å². The van der Waals surface area contributed by atoms with E-state index in [0.29, 0.717) is 12.1 Å². The molecule has 0 bridgehead atoms. The number of aromatic nitrogens is 2. The summed E-state index contributed by atoms with van der Waals surface area (Å²) >= 11 is 3.25. The fraction of sp³-hybridized carbons (Fsp3) is 0.0769. The Labute approximate surface area is 117 Å². The van der Waals surface area contributed by atoms with Gasteiger partial charge in [-0.3, -0.25) is 4.79 Å². The van der Waals surface area contributed by atoms with Crippen molar-refractivity contribution in [2.45, 2.75) is 6.54 Å². The molecule has 2 rings (SSSR count). The molecule has 0 saturated heterocycles. The van der Waals surface area contributed by atoms with E-state index in [4.69, 9.17) is 0 Å². The van der Waals surface area contributed by atoms with Gasteiger partial charge in [-0.15, -0.1) is 0 Å². The van der Waals surface area contributed by atoms with Crippen molar-refractivity contribution < 1.29 is 9.18 Å². The minimum Gasteiger partial charge on any atom is -0.347 e. The number of rotatable bonds is 4. The number of nitrogens with zero attached hydrogens (tertiary/aromatic N) is 1. The molecule has 1 heterocycles. The van der Waals surface area contributed by atoms with Gasteiger partial charge in [0.15, 0.2) is 0 Å². The van der Waals surface area contributed by atoms with E-state index < -0.39 is 0 Å². The zero-order valence-electron chi connectivity index (χ0n) is 9.86. The molecule has 6 heteroatoms. The van der Waals surface area contributed by atoms with Crippen LogP contribution < -0.4 is 5.32 Å². The third-order valence-corrected chi connectivity index (χ3v) is 2.87. The Balaban J connectivity index is 1.94. The molecule has 0 saturated carbocycles. The molecule has 0 radical (unpaired) electrons. The highest BCUT2D eigenvalue weighted by Crippen LogP contribution is 2.16. The predicted octanol–water partition coefficient (Wildman–Crippen LogP) is 2.64. The molecule has 0 aliphatic carbocycles. The van der Waals surface area contributed by atoms with Crippen molar-refractivity contribution in [2.75, 3.05) is 0 Å². The number of hydrogen-bond donors (Lipinski definition) is 2. The Kier molecular flexibility index (Phi) is 4.46. The molecule has 4 nitrogen and oxygen atoms in total. The molecule has 19 heavy (non-hydrogen) atoms. The van der Waals surface area contributed by atoms with Crippen LogP contribution in [0, 0.1) is 5.82 Å². The van der Waals surface area contributed by atoms with E-state index >= 15 is 0 Å². The van der Waals surface area contributed by atoms with E-state index in [-0.39, 0.29) is 11.7 Å². The van der Waals surface area contributed by atoms with Gasteiger partial charge in [-0.05, 0) is 24.3 Å². The largest absolute Gasteiger partial charge is 0.347 e. The molecule has 1 amide bonds. The molecule has 0 atom stereocenters. The summed E-state index contributed by atoms with van der Waals surface area (Å²) in [6.07, 6.45) is 5.88. The van der Waals surface area contributed by atoms with Gasteiger partial charge in [-0.1, -0.05) is 15.9 Å². The Morgan fingerprint density at radius 3 is 3.11 bits per heavy atom. The summed E-state index contributed by atoms with van der Waals surface area (Å²) in [5.41, 5.74) is 1.15. The summed E-state index contributed by atoms with van der Waals surface area (Å²) in [6.45, 7) is 0.351. The smallest absolute Gasteiger partial charge is 0.244 e. The molecular weight excluding hydrogens is 313 g/mol. The van der Waals surface area contributed by atoms with Gasteiger partial charge in [0.25, 0.3) is 0 Å². The lowest BCUT2D eigenvalue weighted by molar-refractivity contribution is -0.116. The minimum atomic E-state index is -0.374. The van der Waals surface area contributed by atoms with Gasteiger partial charge < -0.3 is 10.3 Å². The summed E-state index contributed by atoms with van der Waals surface area (Å²) in [7, 11) is 0. The molecule has 0 fully saturated rings. The van der Waals surface area contributed by atoms with Gasteiger partial charge in [0.1, 0.15) is 5.82 Å². The lowest BCUT2D eigenvalue weighted by Crippen LogP contribution is -2.20. The van der Waals surface area contributed by atoms with Crippen molar-refractivity contribution in [1.29, 1.82) is 0 Å². The van der Waals surface area contributed by atoms with E-state index in [1.165, 1.54) is 24.5 Å². The standard InChI is InChI=1S/C13H11BrFN3O/c14-10-2-3-12(15)9(5-10)1-4-13(19)17-7-11-6-16-8-18-11/h1-6,8H,7H2,(H,16,18)(H,17,19). The van der Waals surface area contributed by atoms with Gasteiger partial charge in [-0.2, -0.15) is 0 Å². The molecule has 2 aromatic rings. The first-order valence-electron chi connectivity index (χ1n) is 5.53. The maximum atomic E-state index is 13.4. The molecule has 0 aliphatic rings. The lowest BCUT2D eigenvalue weighted by Gasteiger charge is -2.00. The number of carbonyl (C=O) groups is 1. The molecule has 0 aliphatic heterocycles. The fourth-order valence-corrected chi connectivity index (χ4v) is 1.81. The van der Waals surface area contributed by atoms with Crippen LogP contribution in [0.15, 0.2) is 41.3 Å². The fourth-order valence-electron chi connectivity index (χ4n) is 1.43. The highest BCUT2D eigenvalue weighted by atomic mass is 79.9. The van der Waals surface area contributed by atoms with Gasteiger partial charge in [-0.25, -0.2) is 9.37 Å². The van der Waals surface area contributed by atoms with Crippen molar-refractivity contribution in [3.63, 3.8) is 0 Å². The van der Waals surface area contributed by atoms with Crippen LogP contribution >= 0.6 is 15.9 Å².